The van der Waals surface area contributed by atoms with Crippen LogP contribution in [0.1, 0.15) is 48.8 Å². The van der Waals surface area contributed by atoms with Gasteiger partial charge in [-0.25, -0.2) is 9.97 Å². The summed E-state index contributed by atoms with van der Waals surface area (Å²) >= 11 is 0. The van der Waals surface area contributed by atoms with Crippen LogP contribution in [0.5, 0.6) is 0 Å². The van der Waals surface area contributed by atoms with E-state index in [1.165, 1.54) is 22.5 Å². The number of H-pyrrole nitrogens is 1. The molecule has 2 saturated heterocycles. The Bertz CT molecular complexity index is 1150. The second kappa shape index (κ2) is 7.43. The van der Waals surface area contributed by atoms with Gasteiger partial charge < -0.3 is 14.6 Å². The van der Waals surface area contributed by atoms with Crippen LogP contribution in [0.4, 0.5) is 5.69 Å². The lowest BCUT2D eigenvalue weighted by atomic mass is 9.93. The van der Waals surface area contributed by atoms with Gasteiger partial charge in [0.05, 0.1) is 17.4 Å². The van der Waals surface area contributed by atoms with Gasteiger partial charge in [-0.1, -0.05) is 18.2 Å². The Kier molecular flexibility index (Phi) is 4.45. The lowest BCUT2D eigenvalue weighted by Crippen LogP contribution is -2.32. The Balaban J connectivity index is 1.30. The van der Waals surface area contributed by atoms with E-state index in [1.54, 1.807) is 0 Å². The van der Waals surface area contributed by atoms with E-state index >= 15 is 0 Å². The monoisotopic (exact) mass is 401 g/mol. The number of benzene rings is 1. The van der Waals surface area contributed by atoms with Crippen LogP contribution < -0.4 is 4.90 Å². The molecule has 0 unspecified atom stereocenters. The number of rotatable bonds is 3. The van der Waals surface area contributed by atoms with Crippen molar-refractivity contribution in [2.45, 2.75) is 37.5 Å². The number of hydrogen-bond acceptors (Lipinski definition) is 4. The molecule has 0 bridgehead atoms. The Labute approximate surface area is 175 Å². The van der Waals surface area contributed by atoms with E-state index < -0.39 is 0 Å². The van der Waals surface area contributed by atoms with Gasteiger partial charge in [0.1, 0.15) is 0 Å². The van der Waals surface area contributed by atoms with Crippen molar-refractivity contribution >= 4 is 22.5 Å². The van der Waals surface area contributed by atoms with Crippen molar-refractivity contribution in [1.29, 1.82) is 0 Å². The maximum atomic E-state index is 5.57. The van der Waals surface area contributed by atoms with Gasteiger partial charge in [-0.3, -0.25) is 4.40 Å². The molecule has 0 radical (unpaired) electrons. The van der Waals surface area contributed by atoms with Crippen molar-refractivity contribution in [3.8, 4) is 0 Å². The highest BCUT2D eigenvalue weighted by molar-refractivity contribution is 5.79. The predicted octanol–water partition coefficient (Wildman–Crippen LogP) is 4.49. The van der Waals surface area contributed by atoms with Crippen LogP contribution in [0.25, 0.3) is 16.8 Å². The fraction of sp³-hybridized carbons (Fsp3) is 0.417. The number of piperidine rings is 1. The first kappa shape index (κ1) is 18.0. The molecule has 1 N–H and O–H groups in total. The van der Waals surface area contributed by atoms with E-state index in [2.05, 4.69) is 62.0 Å². The minimum atomic E-state index is 0.505. The topological polar surface area (TPSA) is 58.5 Å². The second-order valence-electron chi connectivity index (χ2n) is 8.58. The molecule has 4 aromatic rings. The number of aromatic nitrogens is 4. The number of fused-ring (bicyclic) bond motifs is 3. The molecule has 0 atom stereocenters. The molecule has 0 saturated carbocycles. The molecular formula is C24H27N5O. The lowest BCUT2D eigenvalue weighted by molar-refractivity contribution is 0.0856. The summed E-state index contributed by atoms with van der Waals surface area (Å²) in [6, 6.07) is 10.7. The maximum absolute atomic E-state index is 5.57. The molecule has 0 amide bonds. The molecule has 0 spiro atoms. The van der Waals surface area contributed by atoms with Crippen molar-refractivity contribution in [3.63, 3.8) is 0 Å². The standard InChI is InChI=1S/C24H27N5O/c1-2-4-19(5-3-1)28-10-6-18(7-11-28)21-16-29-22(27-21)15-26-24-23(29)20(14-25-24)17-8-12-30-13-9-17/h1-5,14-18,25H,6-13H2. The van der Waals surface area contributed by atoms with E-state index in [4.69, 9.17) is 9.72 Å². The molecule has 3 aromatic heterocycles. The third-order valence-electron chi connectivity index (χ3n) is 6.86. The fourth-order valence-corrected chi connectivity index (χ4v) is 5.17. The van der Waals surface area contributed by atoms with E-state index in [0.717, 1.165) is 63.3 Å². The molecule has 5 heterocycles. The molecule has 0 aliphatic carbocycles. The zero-order valence-corrected chi connectivity index (χ0v) is 17.1. The molecule has 154 valence electrons. The van der Waals surface area contributed by atoms with Crippen LogP contribution in [-0.4, -0.2) is 45.7 Å². The number of hydrogen-bond donors (Lipinski definition) is 1. The van der Waals surface area contributed by atoms with Crippen LogP contribution in [0, 0.1) is 0 Å². The summed E-state index contributed by atoms with van der Waals surface area (Å²) in [6.07, 6.45) is 10.7. The van der Waals surface area contributed by atoms with E-state index in [1.807, 2.05) is 6.20 Å². The Morgan fingerprint density at radius 2 is 1.77 bits per heavy atom. The van der Waals surface area contributed by atoms with Crippen molar-refractivity contribution in [1.82, 2.24) is 19.4 Å². The lowest BCUT2D eigenvalue weighted by Gasteiger charge is -2.33. The van der Waals surface area contributed by atoms with Gasteiger partial charge in [0.15, 0.2) is 11.3 Å². The molecule has 1 aromatic carbocycles. The first-order valence-corrected chi connectivity index (χ1v) is 11.1. The quantitative estimate of drug-likeness (QED) is 0.550. The summed E-state index contributed by atoms with van der Waals surface area (Å²) < 4.78 is 7.84. The van der Waals surface area contributed by atoms with Crippen LogP contribution in [0.3, 0.4) is 0 Å². The van der Waals surface area contributed by atoms with Crippen LogP contribution >= 0.6 is 0 Å². The highest BCUT2D eigenvalue weighted by atomic mass is 16.5. The molecule has 6 nitrogen and oxygen atoms in total. The zero-order chi connectivity index (χ0) is 19.9. The van der Waals surface area contributed by atoms with Crippen molar-refractivity contribution in [2.75, 3.05) is 31.2 Å². The highest BCUT2D eigenvalue weighted by Gasteiger charge is 2.25. The number of nitrogens with one attached hydrogen (secondary N) is 1. The molecular weight excluding hydrogens is 374 g/mol. The van der Waals surface area contributed by atoms with E-state index in [0.29, 0.717) is 11.8 Å². The number of ether oxygens (including phenoxy) is 1. The molecule has 6 heteroatoms. The number of para-hydroxylation sites is 1. The van der Waals surface area contributed by atoms with Gasteiger partial charge in [0.2, 0.25) is 0 Å². The average Bonchev–Trinajstić information content (AvgIpc) is 3.44. The van der Waals surface area contributed by atoms with Gasteiger partial charge in [0.25, 0.3) is 0 Å². The average molecular weight is 402 g/mol. The molecule has 2 aliphatic rings. The van der Waals surface area contributed by atoms with Gasteiger partial charge in [-0.15, -0.1) is 0 Å². The molecule has 2 aliphatic heterocycles. The number of nitrogens with zero attached hydrogens (tertiary/aromatic N) is 4. The number of imidazole rings is 1. The third-order valence-corrected chi connectivity index (χ3v) is 6.86. The summed E-state index contributed by atoms with van der Waals surface area (Å²) in [5.74, 6) is 1.03. The fourth-order valence-electron chi connectivity index (χ4n) is 5.17. The summed E-state index contributed by atoms with van der Waals surface area (Å²) in [5.41, 5.74) is 6.98. The predicted molar refractivity (Wildman–Crippen MR) is 118 cm³/mol. The van der Waals surface area contributed by atoms with E-state index in [9.17, 15) is 0 Å². The smallest absolute Gasteiger partial charge is 0.156 e. The zero-order valence-electron chi connectivity index (χ0n) is 17.1. The minimum absolute atomic E-state index is 0.505. The number of aromatic amines is 1. The normalized spacial score (nSPS) is 19.1. The van der Waals surface area contributed by atoms with Crippen molar-refractivity contribution < 1.29 is 4.74 Å². The van der Waals surface area contributed by atoms with Crippen LogP contribution in [0.15, 0.2) is 48.9 Å². The van der Waals surface area contributed by atoms with Gasteiger partial charge in [0, 0.05) is 50.3 Å². The molecule has 2 fully saturated rings. The summed E-state index contributed by atoms with van der Waals surface area (Å²) in [7, 11) is 0. The first-order valence-electron chi connectivity index (χ1n) is 11.1. The van der Waals surface area contributed by atoms with Crippen LogP contribution in [0.2, 0.25) is 0 Å². The first-order chi connectivity index (χ1) is 14.9. The van der Waals surface area contributed by atoms with Gasteiger partial charge in [-0.2, -0.15) is 0 Å². The Morgan fingerprint density at radius 3 is 2.57 bits per heavy atom. The summed E-state index contributed by atoms with van der Waals surface area (Å²) in [4.78, 5) is 15.5. The largest absolute Gasteiger partial charge is 0.381 e. The third kappa shape index (κ3) is 3.06. The number of anilines is 1. The van der Waals surface area contributed by atoms with E-state index in [-0.39, 0.29) is 0 Å². The molecule has 30 heavy (non-hydrogen) atoms. The highest BCUT2D eigenvalue weighted by Crippen LogP contribution is 2.34. The Hall–Kier alpha value is -2.86. The SMILES string of the molecule is c1ccc(N2CCC(c3cn4c(cnc5[nH]cc(C6CCOCC6)c54)n3)CC2)cc1. The van der Waals surface area contributed by atoms with Crippen LogP contribution in [-0.2, 0) is 4.74 Å². The van der Waals surface area contributed by atoms with Gasteiger partial charge >= 0.3 is 0 Å². The second-order valence-corrected chi connectivity index (χ2v) is 8.58. The van der Waals surface area contributed by atoms with Gasteiger partial charge in [-0.05, 0) is 49.3 Å². The van der Waals surface area contributed by atoms with Crippen molar-refractivity contribution in [3.05, 3.63) is 60.2 Å². The minimum Gasteiger partial charge on any atom is -0.381 e. The molecule has 6 rings (SSSR count). The Morgan fingerprint density at radius 1 is 0.967 bits per heavy atom. The summed E-state index contributed by atoms with van der Waals surface area (Å²) in [6.45, 7) is 3.84. The van der Waals surface area contributed by atoms with Crippen molar-refractivity contribution in [2.24, 2.45) is 0 Å². The summed E-state index contributed by atoms with van der Waals surface area (Å²) in [5, 5.41) is 0. The maximum Gasteiger partial charge on any atom is 0.156 e.